The summed E-state index contributed by atoms with van der Waals surface area (Å²) in [5, 5.41) is 2.37. The predicted molar refractivity (Wildman–Crippen MR) is 172 cm³/mol. The van der Waals surface area contributed by atoms with Crippen molar-refractivity contribution >= 4 is 21.8 Å². The molecule has 0 amide bonds. The molecule has 0 aliphatic rings. The Hall–Kier alpha value is -5.30. The molecule has 0 bridgehead atoms. The number of para-hydroxylation sites is 1. The molecule has 7 heteroatoms. The third kappa shape index (κ3) is 4.73. The summed E-state index contributed by atoms with van der Waals surface area (Å²) in [7, 11) is 0. The normalized spacial score (nSPS) is 11.5. The second kappa shape index (κ2) is 10.2. The number of aryl methyl sites for hydroxylation is 6. The molecule has 3 aromatic heterocycles. The van der Waals surface area contributed by atoms with E-state index in [1.807, 2.05) is 27.7 Å². The average molecular weight is 562 g/mol. The molecule has 0 spiro atoms. The van der Waals surface area contributed by atoms with Crippen LogP contribution in [0.1, 0.15) is 34.4 Å². The molecule has 7 nitrogen and oxygen atoms in total. The van der Waals surface area contributed by atoms with Gasteiger partial charge >= 0.3 is 0 Å². The van der Waals surface area contributed by atoms with Crippen LogP contribution in [0.15, 0.2) is 78.9 Å². The Balaban J connectivity index is 1.55. The first-order chi connectivity index (χ1) is 20.7. The number of aromatic nitrogens is 7. The van der Waals surface area contributed by atoms with Crippen molar-refractivity contribution in [1.82, 2.24) is 34.5 Å². The van der Waals surface area contributed by atoms with Gasteiger partial charge in [-0.15, -0.1) is 0 Å². The Morgan fingerprint density at radius 3 is 1.79 bits per heavy atom. The molecule has 7 rings (SSSR count). The maximum atomic E-state index is 4.80. The van der Waals surface area contributed by atoms with Crippen LogP contribution in [-0.4, -0.2) is 34.5 Å². The van der Waals surface area contributed by atoms with Crippen molar-refractivity contribution in [2.45, 2.75) is 41.5 Å². The van der Waals surface area contributed by atoms with Crippen LogP contribution in [0.3, 0.4) is 0 Å². The Morgan fingerprint density at radius 1 is 0.465 bits per heavy atom. The molecule has 0 saturated carbocycles. The van der Waals surface area contributed by atoms with Gasteiger partial charge in [-0.25, -0.2) is 29.9 Å². The fraction of sp³-hybridized carbons (Fsp3) is 0.167. The number of hydrogen-bond donors (Lipinski definition) is 0. The van der Waals surface area contributed by atoms with Crippen molar-refractivity contribution in [3.05, 3.63) is 113 Å². The first-order valence-corrected chi connectivity index (χ1v) is 14.4. The standard InChI is InChI=1S/C36H31N7/c1-20-11-14-28(21(2)17-20)26-12-15-30-29-9-7-8-10-32(29)43(34(30)19-26)33-16-13-27(35-39-22(3)37-23(4)40-35)18-31(33)36-41-24(5)38-25(6)42-36/h7-19H,1-6H3. The summed E-state index contributed by atoms with van der Waals surface area (Å²) in [6.07, 6.45) is 0. The van der Waals surface area contributed by atoms with Gasteiger partial charge < -0.3 is 4.57 Å². The minimum Gasteiger partial charge on any atom is -0.308 e. The van der Waals surface area contributed by atoms with Crippen LogP contribution in [0.4, 0.5) is 0 Å². The zero-order chi connectivity index (χ0) is 29.8. The van der Waals surface area contributed by atoms with Crippen LogP contribution in [-0.2, 0) is 0 Å². The lowest BCUT2D eigenvalue weighted by Gasteiger charge is -2.16. The second-order valence-corrected chi connectivity index (χ2v) is 11.1. The first-order valence-electron chi connectivity index (χ1n) is 14.4. The van der Waals surface area contributed by atoms with Crippen LogP contribution in [0.25, 0.3) is 61.4 Å². The van der Waals surface area contributed by atoms with Crippen molar-refractivity contribution in [2.24, 2.45) is 0 Å². The van der Waals surface area contributed by atoms with E-state index < -0.39 is 0 Å². The summed E-state index contributed by atoms with van der Waals surface area (Å²) in [5.41, 5.74) is 9.86. The van der Waals surface area contributed by atoms with Gasteiger partial charge in [0.05, 0.1) is 16.7 Å². The van der Waals surface area contributed by atoms with Gasteiger partial charge in [0.25, 0.3) is 0 Å². The van der Waals surface area contributed by atoms with Gasteiger partial charge in [0, 0.05) is 21.9 Å². The van der Waals surface area contributed by atoms with Gasteiger partial charge in [-0.3, -0.25) is 0 Å². The molecule has 4 aromatic carbocycles. The quantitative estimate of drug-likeness (QED) is 0.216. The molecular formula is C36H31N7. The van der Waals surface area contributed by atoms with Crippen LogP contribution in [0, 0.1) is 41.5 Å². The Morgan fingerprint density at radius 2 is 1.09 bits per heavy atom. The molecule has 0 aliphatic heterocycles. The van der Waals surface area contributed by atoms with E-state index in [9.17, 15) is 0 Å². The van der Waals surface area contributed by atoms with Gasteiger partial charge in [-0.1, -0.05) is 54.1 Å². The monoisotopic (exact) mass is 561 g/mol. The maximum Gasteiger partial charge on any atom is 0.165 e. The lowest BCUT2D eigenvalue weighted by atomic mass is 9.97. The van der Waals surface area contributed by atoms with Crippen molar-refractivity contribution in [3.8, 4) is 39.6 Å². The zero-order valence-corrected chi connectivity index (χ0v) is 25.1. The molecular weight excluding hydrogens is 530 g/mol. The highest BCUT2D eigenvalue weighted by Crippen LogP contribution is 2.39. The summed E-state index contributed by atoms with van der Waals surface area (Å²) in [6.45, 7) is 11.9. The summed E-state index contributed by atoms with van der Waals surface area (Å²) in [6, 6.07) is 28.2. The van der Waals surface area contributed by atoms with Crippen molar-refractivity contribution in [2.75, 3.05) is 0 Å². The van der Waals surface area contributed by atoms with E-state index in [4.69, 9.17) is 9.97 Å². The van der Waals surface area contributed by atoms with Gasteiger partial charge in [-0.05, 0) is 88.6 Å². The summed E-state index contributed by atoms with van der Waals surface area (Å²) < 4.78 is 2.33. The molecule has 0 saturated heterocycles. The lowest BCUT2D eigenvalue weighted by Crippen LogP contribution is -2.04. The minimum absolute atomic E-state index is 0.612. The van der Waals surface area contributed by atoms with Crippen molar-refractivity contribution in [1.29, 1.82) is 0 Å². The summed E-state index contributed by atoms with van der Waals surface area (Å²) in [5.74, 6) is 3.94. The van der Waals surface area contributed by atoms with E-state index in [1.54, 1.807) is 0 Å². The summed E-state index contributed by atoms with van der Waals surface area (Å²) in [4.78, 5) is 27.7. The predicted octanol–water partition coefficient (Wildman–Crippen LogP) is 8.01. The van der Waals surface area contributed by atoms with E-state index >= 15 is 0 Å². The maximum absolute atomic E-state index is 4.80. The topological polar surface area (TPSA) is 82.3 Å². The Labute approximate surface area is 250 Å². The summed E-state index contributed by atoms with van der Waals surface area (Å²) >= 11 is 0. The smallest absolute Gasteiger partial charge is 0.165 e. The molecule has 0 unspecified atom stereocenters. The number of fused-ring (bicyclic) bond motifs is 3. The fourth-order valence-corrected chi connectivity index (χ4v) is 6.07. The Kier molecular flexibility index (Phi) is 6.31. The minimum atomic E-state index is 0.612. The van der Waals surface area contributed by atoms with Gasteiger partial charge in [0.2, 0.25) is 0 Å². The molecule has 0 radical (unpaired) electrons. The Bertz CT molecular complexity index is 2170. The van der Waals surface area contributed by atoms with Crippen LogP contribution < -0.4 is 0 Å². The van der Waals surface area contributed by atoms with E-state index in [0.29, 0.717) is 34.9 Å². The number of rotatable bonds is 4. The molecule has 0 N–H and O–H groups in total. The highest BCUT2D eigenvalue weighted by molar-refractivity contribution is 6.10. The highest BCUT2D eigenvalue weighted by Gasteiger charge is 2.20. The van der Waals surface area contributed by atoms with E-state index in [-0.39, 0.29) is 0 Å². The largest absolute Gasteiger partial charge is 0.308 e. The number of benzene rings is 4. The first kappa shape index (κ1) is 26.6. The molecule has 0 atom stereocenters. The average Bonchev–Trinajstić information content (AvgIpc) is 3.29. The fourth-order valence-electron chi connectivity index (χ4n) is 6.07. The molecule has 0 aliphatic carbocycles. The van der Waals surface area contributed by atoms with Gasteiger partial charge in [0.1, 0.15) is 23.3 Å². The lowest BCUT2D eigenvalue weighted by molar-refractivity contribution is 0.924. The molecule has 3 heterocycles. The van der Waals surface area contributed by atoms with Gasteiger partial charge in [0.15, 0.2) is 11.6 Å². The molecule has 0 fully saturated rings. The van der Waals surface area contributed by atoms with Crippen molar-refractivity contribution in [3.63, 3.8) is 0 Å². The number of hydrogen-bond acceptors (Lipinski definition) is 6. The third-order valence-corrected chi connectivity index (χ3v) is 7.82. The molecule has 210 valence electrons. The highest BCUT2D eigenvalue weighted by atomic mass is 15.0. The van der Waals surface area contributed by atoms with E-state index in [0.717, 1.165) is 27.8 Å². The zero-order valence-electron chi connectivity index (χ0n) is 25.1. The number of nitrogens with zero attached hydrogens (tertiary/aromatic N) is 7. The van der Waals surface area contributed by atoms with Gasteiger partial charge in [-0.2, -0.15) is 0 Å². The molecule has 43 heavy (non-hydrogen) atoms. The van der Waals surface area contributed by atoms with E-state index in [2.05, 4.69) is 117 Å². The van der Waals surface area contributed by atoms with Crippen LogP contribution in [0.2, 0.25) is 0 Å². The van der Waals surface area contributed by atoms with E-state index in [1.165, 1.54) is 33.0 Å². The van der Waals surface area contributed by atoms with Crippen LogP contribution >= 0.6 is 0 Å². The molecule has 7 aromatic rings. The second-order valence-electron chi connectivity index (χ2n) is 11.1. The van der Waals surface area contributed by atoms with Crippen molar-refractivity contribution < 1.29 is 0 Å². The SMILES string of the molecule is Cc1ccc(-c2ccc3c4ccccc4n(-c4ccc(-c5nc(C)nc(C)n5)cc4-c4nc(C)nc(C)n4)c3c2)c(C)c1. The van der Waals surface area contributed by atoms with Crippen LogP contribution in [0.5, 0.6) is 0 Å². The third-order valence-electron chi connectivity index (χ3n) is 7.82.